The first-order valence-corrected chi connectivity index (χ1v) is 17.2. The quantitative estimate of drug-likeness (QED) is 0.141. The lowest BCUT2D eigenvalue weighted by atomic mass is 9.99. The molecule has 0 bridgehead atoms. The Hall–Kier alpha value is -4.98. The Morgan fingerprint density at radius 3 is 2.37 bits per heavy atom. The first kappa shape index (κ1) is 35.8. The molecule has 2 aliphatic rings. The number of pyridine rings is 1. The maximum absolute atomic E-state index is 12.0. The van der Waals surface area contributed by atoms with Gasteiger partial charge >= 0.3 is 6.09 Å². The molecule has 51 heavy (non-hydrogen) atoms. The normalized spacial score (nSPS) is 16.9. The Kier molecular flexibility index (Phi) is 11.2. The largest absolute Gasteiger partial charge is 0.496 e. The average Bonchev–Trinajstić information content (AvgIpc) is 3.75. The molecule has 0 aliphatic carbocycles. The van der Waals surface area contributed by atoms with Gasteiger partial charge in [0.2, 0.25) is 17.7 Å². The molecule has 2 unspecified atom stereocenters. The molecule has 2 aromatic heterocycles. The van der Waals surface area contributed by atoms with Crippen LogP contribution in [0.15, 0.2) is 54.9 Å². The molecule has 4 N–H and O–H groups in total. The highest BCUT2D eigenvalue weighted by molar-refractivity contribution is 6.39. The monoisotopic (exact) mass is 733 g/mol. The number of benzene rings is 2. The zero-order valence-corrected chi connectivity index (χ0v) is 29.6. The van der Waals surface area contributed by atoms with Crippen molar-refractivity contribution in [2.75, 3.05) is 27.3 Å². The third kappa shape index (κ3) is 8.16. The fourth-order valence-electron chi connectivity index (χ4n) is 6.31. The molecule has 0 spiro atoms. The maximum atomic E-state index is 12.0. The van der Waals surface area contributed by atoms with E-state index in [0.717, 1.165) is 17.5 Å². The van der Waals surface area contributed by atoms with Crippen LogP contribution in [0.4, 0.5) is 4.79 Å². The number of methoxy groups -OCH3 is 2. The van der Waals surface area contributed by atoms with Crippen LogP contribution in [0.5, 0.6) is 11.6 Å². The van der Waals surface area contributed by atoms with Crippen molar-refractivity contribution in [2.45, 2.75) is 50.9 Å². The number of ether oxygens (including phenoxy) is 2. The zero-order chi connectivity index (χ0) is 36.1. The number of rotatable bonds is 13. The molecule has 0 radical (unpaired) electrons. The first-order valence-electron chi connectivity index (χ1n) is 16.4. The first-order chi connectivity index (χ1) is 24.6. The van der Waals surface area contributed by atoms with Crippen molar-refractivity contribution in [3.63, 3.8) is 0 Å². The topological polar surface area (TPSA) is 168 Å². The average molecular weight is 735 g/mol. The van der Waals surface area contributed by atoms with Crippen LogP contribution in [0.1, 0.15) is 36.9 Å². The minimum Gasteiger partial charge on any atom is -0.496 e. The minimum atomic E-state index is -1.15. The number of aromatic nitrogens is 3. The number of carbonyl (C=O) groups is 3. The summed E-state index contributed by atoms with van der Waals surface area (Å²) in [6.45, 7) is 1.27. The zero-order valence-electron chi connectivity index (χ0n) is 28.0. The molecular formula is C36H37Cl2N7O6. The van der Waals surface area contributed by atoms with Crippen LogP contribution in [0.3, 0.4) is 0 Å². The lowest BCUT2D eigenvalue weighted by Gasteiger charge is -2.23. The smallest absolute Gasteiger partial charge is 0.407 e. The highest BCUT2D eigenvalue weighted by Gasteiger charge is 2.27. The summed E-state index contributed by atoms with van der Waals surface area (Å²) in [5.41, 5.74) is 4.88. The summed E-state index contributed by atoms with van der Waals surface area (Å²) in [4.78, 5) is 50.1. The standard InChI is InChI=1S/C36H37Cl2N7O6/c1-50-29-14-20(6-7-21(29)15-39-16-22-8-10-30(46)42-22)34-33(38)25(12-13-40-34)24-4-3-5-26(32(24)37)27-17-41-28(35(44-27)51-2)19-45(36(48)49)18-23-9-11-31(47)43-23/h3-7,12-14,17,22-23,39H,8-11,15-16,18-19H2,1-2H3,(H,42,46)(H,43,47)(H,48,49). The number of carbonyl (C=O) groups excluding carboxylic acids is 2. The van der Waals surface area contributed by atoms with Gasteiger partial charge in [-0.25, -0.2) is 9.78 Å². The van der Waals surface area contributed by atoms with Gasteiger partial charge in [0.05, 0.1) is 48.4 Å². The predicted octanol–water partition coefficient (Wildman–Crippen LogP) is 5.32. The Balaban J connectivity index is 1.23. The molecule has 4 heterocycles. The molecule has 4 aromatic rings. The van der Waals surface area contributed by atoms with Gasteiger partial charge in [-0.05, 0) is 25.0 Å². The highest BCUT2D eigenvalue weighted by Crippen LogP contribution is 2.42. The molecule has 6 rings (SSSR count). The van der Waals surface area contributed by atoms with Gasteiger partial charge in [0.1, 0.15) is 11.4 Å². The number of hydrogen-bond acceptors (Lipinski definition) is 9. The second-order valence-electron chi connectivity index (χ2n) is 12.3. The van der Waals surface area contributed by atoms with Gasteiger partial charge in [0.15, 0.2) is 0 Å². The van der Waals surface area contributed by atoms with Gasteiger partial charge in [-0.1, -0.05) is 53.5 Å². The number of nitrogens with zero attached hydrogens (tertiary/aromatic N) is 4. The Bertz CT molecular complexity index is 1960. The van der Waals surface area contributed by atoms with E-state index >= 15 is 0 Å². The molecule has 2 saturated heterocycles. The summed E-state index contributed by atoms with van der Waals surface area (Å²) in [5, 5.41) is 19.8. The second-order valence-corrected chi connectivity index (χ2v) is 13.1. The van der Waals surface area contributed by atoms with Gasteiger partial charge in [0.25, 0.3) is 0 Å². The molecule has 2 atom stereocenters. The molecule has 0 saturated carbocycles. The molecular weight excluding hydrogens is 697 g/mol. The van der Waals surface area contributed by atoms with E-state index < -0.39 is 6.09 Å². The van der Waals surface area contributed by atoms with E-state index in [0.29, 0.717) is 81.9 Å². The van der Waals surface area contributed by atoms with Crippen LogP contribution < -0.4 is 25.4 Å². The minimum absolute atomic E-state index is 0.0796. The fourth-order valence-corrected chi connectivity index (χ4v) is 6.96. The summed E-state index contributed by atoms with van der Waals surface area (Å²) in [5.74, 6) is 0.814. The van der Waals surface area contributed by atoms with E-state index in [-0.39, 0.29) is 42.9 Å². The van der Waals surface area contributed by atoms with Gasteiger partial charge < -0.3 is 35.4 Å². The summed E-state index contributed by atoms with van der Waals surface area (Å²) in [6, 6.07) is 12.9. The lowest BCUT2D eigenvalue weighted by Crippen LogP contribution is -2.41. The van der Waals surface area contributed by atoms with E-state index in [9.17, 15) is 19.5 Å². The summed E-state index contributed by atoms with van der Waals surface area (Å²) >= 11 is 14.1. The van der Waals surface area contributed by atoms with Crippen molar-refractivity contribution < 1.29 is 29.0 Å². The van der Waals surface area contributed by atoms with E-state index in [1.165, 1.54) is 18.2 Å². The van der Waals surface area contributed by atoms with E-state index in [2.05, 4.69) is 30.9 Å². The van der Waals surface area contributed by atoms with Crippen LogP contribution in [-0.4, -0.2) is 82.3 Å². The van der Waals surface area contributed by atoms with Crippen molar-refractivity contribution >= 4 is 41.1 Å². The summed E-state index contributed by atoms with van der Waals surface area (Å²) in [7, 11) is 3.05. The van der Waals surface area contributed by atoms with Crippen molar-refractivity contribution in [1.82, 2.24) is 35.8 Å². The van der Waals surface area contributed by atoms with Crippen molar-refractivity contribution in [3.8, 4) is 45.3 Å². The van der Waals surface area contributed by atoms with Crippen LogP contribution >= 0.6 is 23.2 Å². The van der Waals surface area contributed by atoms with Crippen molar-refractivity contribution in [2.24, 2.45) is 0 Å². The number of carboxylic acid groups (broad SMARTS) is 1. The third-order valence-corrected chi connectivity index (χ3v) is 9.74. The predicted molar refractivity (Wildman–Crippen MR) is 192 cm³/mol. The van der Waals surface area contributed by atoms with Gasteiger partial charge in [-0.3, -0.25) is 19.6 Å². The Morgan fingerprint density at radius 1 is 0.961 bits per heavy atom. The lowest BCUT2D eigenvalue weighted by molar-refractivity contribution is -0.120. The van der Waals surface area contributed by atoms with Gasteiger partial charge in [-0.2, -0.15) is 0 Å². The molecule has 3 amide bonds. The molecule has 2 aromatic carbocycles. The van der Waals surface area contributed by atoms with Gasteiger partial charge in [-0.15, -0.1) is 0 Å². The maximum Gasteiger partial charge on any atom is 0.407 e. The van der Waals surface area contributed by atoms with Gasteiger partial charge in [0, 0.05) is 78.6 Å². The number of hydrogen-bond donors (Lipinski definition) is 4. The third-order valence-electron chi connectivity index (χ3n) is 8.95. The molecule has 15 heteroatoms. The highest BCUT2D eigenvalue weighted by atomic mass is 35.5. The van der Waals surface area contributed by atoms with Crippen LogP contribution in [0.2, 0.25) is 10.0 Å². The Morgan fingerprint density at radius 2 is 1.69 bits per heavy atom. The van der Waals surface area contributed by atoms with Crippen LogP contribution in [0.25, 0.3) is 33.6 Å². The molecule has 266 valence electrons. The van der Waals surface area contributed by atoms with Crippen LogP contribution in [-0.2, 0) is 22.7 Å². The number of halogens is 2. The SMILES string of the molecule is COc1cc(-c2nccc(-c3cccc(-c4cnc(CN(CC5CCC(=O)N5)C(=O)O)c(OC)n4)c3Cl)c2Cl)ccc1CNCC1CCC(=O)N1. The number of amides is 3. The van der Waals surface area contributed by atoms with E-state index in [4.69, 9.17) is 32.7 Å². The fraction of sp³-hybridized carbons (Fsp3) is 0.333. The summed E-state index contributed by atoms with van der Waals surface area (Å²) in [6.07, 6.45) is 4.35. The number of nitrogens with one attached hydrogen (secondary N) is 3. The Labute approximate surface area is 304 Å². The molecule has 13 nitrogen and oxygen atoms in total. The molecule has 2 fully saturated rings. The second kappa shape index (κ2) is 15.9. The van der Waals surface area contributed by atoms with E-state index in [1.807, 2.05) is 30.3 Å². The van der Waals surface area contributed by atoms with E-state index in [1.54, 1.807) is 25.4 Å². The van der Waals surface area contributed by atoms with Crippen molar-refractivity contribution in [1.29, 1.82) is 0 Å². The molecule has 2 aliphatic heterocycles. The van der Waals surface area contributed by atoms with Crippen LogP contribution in [0, 0.1) is 0 Å². The summed E-state index contributed by atoms with van der Waals surface area (Å²) < 4.78 is 11.2. The van der Waals surface area contributed by atoms with Crippen molar-refractivity contribution in [3.05, 3.63) is 76.2 Å².